The number of carbonyl (C=O) groups is 4. The molecule has 6 nitrogen and oxygen atoms in total. The van der Waals surface area contributed by atoms with Crippen molar-refractivity contribution in [1.29, 1.82) is 0 Å². The van der Waals surface area contributed by atoms with Gasteiger partial charge in [-0.2, -0.15) is 0 Å². The number of halogens is 2. The highest BCUT2D eigenvalue weighted by Crippen LogP contribution is 2.42. The lowest BCUT2D eigenvalue weighted by Crippen LogP contribution is -2.22. The zero-order chi connectivity index (χ0) is 33.9. The summed E-state index contributed by atoms with van der Waals surface area (Å²) in [6.07, 6.45) is 4.80. The molecule has 4 aromatic rings. The molecule has 0 spiro atoms. The van der Waals surface area contributed by atoms with E-state index < -0.39 is 0 Å². The van der Waals surface area contributed by atoms with Gasteiger partial charge < -0.3 is 0 Å². The largest absolute Gasteiger partial charge is 0.272 e. The van der Waals surface area contributed by atoms with Crippen LogP contribution in [0.2, 0.25) is 0 Å². The molecule has 0 aliphatic carbocycles. The molecule has 10 heteroatoms. The SMILES string of the molecule is CCCC/C(SN1C(=O)c2ccccc2C1=O)=C(\Cl)c1ccc2cc(/C(Cl)=C(/CCCC)SN3C(=O)c4ccccc4C3=O)ccc2c1. The van der Waals surface area contributed by atoms with Gasteiger partial charge in [0.25, 0.3) is 23.6 Å². The third kappa shape index (κ3) is 6.59. The summed E-state index contributed by atoms with van der Waals surface area (Å²) in [6, 6.07) is 25.4. The van der Waals surface area contributed by atoms with E-state index in [1.165, 1.54) is 8.61 Å². The van der Waals surface area contributed by atoms with Crippen LogP contribution in [0.15, 0.2) is 94.7 Å². The maximum atomic E-state index is 13.1. The van der Waals surface area contributed by atoms with E-state index >= 15 is 0 Å². The van der Waals surface area contributed by atoms with E-state index in [9.17, 15) is 19.2 Å². The van der Waals surface area contributed by atoms with E-state index in [-0.39, 0.29) is 23.6 Å². The Kier molecular flexibility index (Phi) is 10.5. The predicted molar refractivity (Wildman–Crippen MR) is 198 cm³/mol. The minimum Gasteiger partial charge on any atom is -0.268 e. The van der Waals surface area contributed by atoms with E-state index in [1.807, 2.05) is 36.4 Å². The summed E-state index contributed by atoms with van der Waals surface area (Å²) in [4.78, 5) is 53.9. The highest BCUT2D eigenvalue weighted by atomic mass is 35.5. The lowest BCUT2D eigenvalue weighted by atomic mass is 10.0. The number of rotatable bonds is 12. The molecule has 0 saturated carbocycles. The molecule has 0 unspecified atom stereocenters. The fourth-order valence-corrected chi connectivity index (χ4v) is 8.29. The molecule has 0 saturated heterocycles. The molecule has 0 bridgehead atoms. The second kappa shape index (κ2) is 14.7. The lowest BCUT2D eigenvalue weighted by molar-refractivity contribution is 0.0761. The molecule has 0 aromatic heterocycles. The lowest BCUT2D eigenvalue weighted by Gasteiger charge is -2.18. The van der Waals surface area contributed by atoms with Gasteiger partial charge in [-0.25, -0.2) is 8.61 Å². The number of amides is 4. The molecule has 244 valence electrons. The quantitative estimate of drug-likeness (QED) is 0.107. The molecule has 0 atom stereocenters. The van der Waals surface area contributed by atoms with Crippen LogP contribution in [0.3, 0.4) is 0 Å². The minimum atomic E-state index is -0.338. The number of unbranched alkanes of at least 4 members (excludes halogenated alkanes) is 2. The highest BCUT2D eigenvalue weighted by Gasteiger charge is 2.38. The molecule has 0 N–H and O–H groups in total. The second-order valence-corrected chi connectivity index (χ2v) is 14.4. The van der Waals surface area contributed by atoms with Crippen LogP contribution in [0.1, 0.15) is 105 Å². The van der Waals surface area contributed by atoms with Crippen LogP contribution in [0.4, 0.5) is 0 Å². The molecule has 4 aromatic carbocycles. The van der Waals surface area contributed by atoms with Crippen LogP contribution >= 0.6 is 47.1 Å². The van der Waals surface area contributed by atoms with Crippen molar-refractivity contribution in [3.63, 3.8) is 0 Å². The number of allylic oxidation sites excluding steroid dienone is 2. The smallest absolute Gasteiger partial charge is 0.268 e. The van der Waals surface area contributed by atoms with Crippen molar-refractivity contribution in [3.05, 3.63) is 128 Å². The number of nitrogens with zero attached hydrogens (tertiary/aromatic N) is 2. The monoisotopic (exact) mass is 714 g/mol. The van der Waals surface area contributed by atoms with Crippen LogP contribution in [0.5, 0.6) is 0 Å². The Labute approximate surface area is 298 Å². The van der Waals surface area contributed by atoms with Gasteiger partial charge in [-0.15, -0.1) is 0 Å². The Morgan fingerprint density at radius 2 is 0.875 bits per heavy atom. The highest BCUT2D eigenvalue weighted by molar-refractivity contribution is 8.02. The molecular formula is C38H32Cl2N2O4S2. The zero-order valence-electron chi connectivity index (χ0n) is 26.4. The number of imide groups is 2. The Balaban J connectivity index is 1.29. The topological polar surface area (TPSA) is 74.8 Å². The number of hydrogen-bond acceptors (Lipinski definition) is 6. The van der Waals surface area contributed by atoms with Gasteiger partial charge in [0.2, 0.25) is 0 Å². The number of fused-ring (bicyclic) bond motifs is 3. The number of carbonyl (C=O) groups excluding carboxylic acids is 4. The van der Waals surface area contributed by atoms with Crippen molar-refractivity contribution in [2.75, 3.05) is 0 Å². The maximum Gasteiger partial charge on any atom is 0.272 e. The van der Waals surface area contributed by atoms with Crippen molar-refractivity contribution in [2.45, 2.75) is 52.4 Å². The van der Waals surface area contributed by atoms with Gasteiger partial charge in [0, 0.05) is 9.81 Å². The van der Waals surface area contributed by atoms with Gasteiger partial charge in [0.05, 0.1) is 32.3 Å². The third-order valence-electron chi connectivity index (χ3n) is 8.27. The summed E-state index contributed by atoms with van der Waals surface area (Å²) in [6.45, 7) is 4.16. The van der Waals surface area contributed by atoms with Crippen LogP contribution in [-0.4, -0.2) is 32.2 Å². The average Bonchev–Trinajstić information content (AvgIpc) is 3.50. The van der Waals surface area contributed by atoms with E-state index in [4.69, 9.17) is 23.2 Å². The van der Waals surface area contributed by atoms with E-state index in [0.717, 1.165) is 81.3 Å². The first-order chi connectivity index (χ1) is 23.2. The first-order valence-corrected chi connectivity index (χ1v) is 18.2. The van der Waals surface area contributed by atoms with Gasteiger partial charge in [0.15, 0.2) is 0 Å². The van der Waals surface area contributed by atoms with Crippen LogP contribution in [0, 0.1) is 0 Å². The van der Waals surface area contributed by atoms with Gasteiger partial charge in [-0.3, -0.25) is 19.2 Å². The molecule has 0 radical (unpaired) electrons. The Hall–Kier alpha value is -3.82. The van der Waals surface area contributed by atoms with Crippen LogP contribution in [-0.2, 0) is 0 Å². The first-order valence-electron chi connectivity index (χ1n) is 15.9. The average molecular weight is 716 g/mol. The standard InChI is InChI=1S/C38H32Cl2N2O4S2/c1-3-5-15-31(47-41-35(43)27-11-7-8-12-28(27)36(41)44)33(39)25-19-17-24-22-26(20-18-23(24)21-25)34(40)32(16-6-4-2)48-42-37(45)29-13-9-10-14-30(29)38(42)46/h7-14,17-22H,3-6,15-16H2,1-2H3/b33-31+,34-32+. The fraction of sp³-hybridized carbons (Fsp3) is 0.211. The number of benzene rings is 4. The fourth-order valence-electron chi connectivity index (χ4n) is 5.63. The van der Waals surface area contributed by atoms with Crippen molar-refractivity contribution < 1.29 is 19.2 Å². The number of hydrogen-bond donors (Lipinski definition) is 0. The molecule has 6 rings (SSSR count). The van der Waals surface area contributed by atoms with Crippen LogP contribution in [0.25, 0.3) is 20.8 Å². The summed E-state index contributed by atoms with van der Waals surface area (Å²) >= 11 is 16.2. The maximum absolute atomic E-state index is 13.1. The Bertz CT molecular complexity index is 1830. The normalized spacial score (nSPS) is 15.2. The van der Waals surface area contributed by atoms with Crippen molar-refractivity contribution in [3.8, 4) is 0 Å². The van der Waals surface area contributed by atoms with E-state index in [2.05, 4.69) is 13.8 Å². The van der Waals surface area contributed by atoms with E-state index in [1.54, 1.807) is 48.5 Å². The summed E-state index contributed by atoms with van der Waals surface area (Å²) in [5.74, 6) is -1.35. The molecule has 4 amide bonds. The zero-order valence-corrected chi connectivity index (χ0v) is 29.6. The summed E-state index contributed by atoms with van der Waals surface area (Å²) in [5, 5.41) is 2.85. The van der Waals surface area contributed by atoms with Gasteiger partial charge >= 0.3 is 0 Å². The Morgan fingerprint density at radius 3 is 1.19 bits per heavy atom. The summed E-state index contributed by atoms with van der Waals surface area (Å²) < 4.78 is 2.41. The summed E-state index contributed by atoms with van der Waals surface area (Å²) in [5.41, 5.74) is 3.15. The van der Waals surface area contributed by atoms with Crippen molar-refractivity contribution >= 4 is 91.6 Å². The molecule has 2 heterocycles. The van der Waals surface area contributed by atoms with Crippen molar-refractivity contribution in [2.24, 2.45) is 0 Å². The Morgan fingerprint density at radius 1 is 0.542 bits per heavy atom. The van der Waals surface area contributed by atoms with Crippen LogP contribution < -0.4 is 0 Å². The molecule has 48 heavy (non-hydrogen) atoms. The van der Waals surface area contributed by atoms with Gasteiger partial charge in [0.1, 0.15) is 0 Å². The molecular weight excluding hydrogens is 683 g/mol. The predicted octanol–water partition coefficient (Wildman–Crippen LogP) is 10.9. The minimum absolute atomic E-state index is 0.338. The molecule has 0 fully saturated rings. The van der Waals surface area contributed by atoms with Gasteiger partial charge in [-0.1, -0.05) is 98.4 Å². The second-order valence-electron chi connectivity index (χ2n) is 11.5. The first kappa shape index (κ1) is 34.1. The van der Waals surface area contributed by atoms with Crippen molar-refractivity contribution in [1.82, 2.24) is 8.61 Å². The van der Waals surface area contributed by atoms with E-state index in [0.29, 0.717) is 45.2 Å². The molecule has 2 aliphatic heterocycles. The van der Waals surface area contributed by atoms with Gasteiger partial charge in [-0.05, 0) is 108 Å². The summed E-state index contributed by atoms with van der Waals surface area (Å²) in [7, 11) is 0. The third-order valence-corrected chi connectivity index (χ3v) is 11.7. The molecule has 2 aliphatic rings.